The lowest BCUT2D eigenvalue weighted by Gasteiger charge is -2.30. The Hall–Kier alpha value is -2.30. The average molecular weight is 492 g/mol. The molecular formula is C21H21ClF3NO5S. The van der Waals surface area contributed by atoms with Gasteiger partial charge in [0.2, 0.25) is 10.0 Å². The number of sulfonamides is 1. The third kappa shape index (κ3) is 5.36. The van der Waals surface area contributed by atoms with Crippen molar-refractivity contribution >= 4 is 27.6 Å². The number of esters is 1. The van der Waals surface area contributed by atoms with Crippen molar-refractivity contribution in [2.24, 2.45) is 5.92 Å². The van der Waals surface area contributed by atoms with Crippen molar-refractivity contribution in [2.75, 3.05) is 20.2 Å². The molecule has 0 aliphatic carbocycles. The molecule has 0 spiro atoms. The van der Waals surface area contributed by atoms with Gasteiger partial charge in [-0.05, 0) is 43.2 Å². The first-order valence-corrected chi connectivity index (χ1v) is 11.5. The minimum absolute atomic E-state index is 0.0694. The highest BCUT2D eigenvalue weighted by molar-refractivity contribution is 7.89. The SMILES string of the molecule is COc1ccc(Cl)cc1COC(=O)C1CCN(S(=O)(=O)c2ccccc2C(F)(F)F)CC1. The third-order valence-electron chi connectivity index (χ3n) is 5.21. The van der Waals surface area contributed by atoms with Gasteiger partial charge in [0, 0.05) is 23.7 Å². The Balaban J connectivity index is 1.64. The van der Waals surface area contributed by atoms with E-state index in [2.05, 4.69) is 0 Å². The van der Waals surface area contributed by atoms with Crippen LogP contribution >= 0.6 is 11.6 Å². The third-order valence-corrected chi connectivity index (χ3v) is 7.40. The second kappa shape index (κ2) is 9.68. The van der Waals surface area contributed by atoms with Gasteiger partial charge >= 0.3 is 12.1 Å². The van der Waals surface area contributed by atoms with Gasteiger partial charge in [-0.15, -0.1) is 0 Å². The monoisotopic (exact) mass is 491 g/mol. The highest BCUT2D eigenvalue weighted by Crippen LogP contribution is 2.36. The molecule has 11 heteroatoms. The number of piperidine rings is 1. The summed E-state index contributed by atoms with van der Waals surface area (Å²) in [5, 5.41) is 0.453. The molecule has 0 bridgehead atoms. The highest BCUT2D eigenvalue weighted by atomic mass is 35.5. The fraction of sp³-hybridized carbons (Fsp3) is 0.381. The van der Waals surface area contributed by atoms with Crippen molar-refractivity contribution in [2.45, 2.75) is 30.5 Å². The summed E-state index contributed by atoms with van der Waals surface area (Å²) in [5.74, 6) is -0.573. The lowest BCUT2D eigenvalue weighted by atomic mass is 9.98. The summed E-state index contributed by atoms with van der Waals surface area (Å²) in [4.78, 5) is 11.7. The van der Waals surface area contributed by atoms with Crippen LogP contribution in [0.5, 0.6) is 5.75 Å². The number of rotatable bonds is 6. The fourth-order valence-electron chi connectivity index (χ4n) is 3.52. The number of hydrogen-bond donors (Lipinski definition) is 0. The Morgan fingerprint density at radius 3 is 2.44 bits per heavy atom. The molecule has 0 aromatic heterocycles. The van der Waals surface area contributed by atoms with Gasteiger partial charge in [0.25, 0.3) is 0 Å². The van der Waals surface area contributed by atoms with Gasteiger partial charge in [0.15, 0.2) is 0 Å². The Kier molecular flexibility index (Phi) is 7.36. The number of carbonyl (C=O) groups excluding carboxylic acids is 1. The van der Waals surface area contributed by atoms with E-state index in [0.717, 1.165) is 22.5 Å². The first-order chi connectivity index (χ1) is 15.0. The molecule has 0 saturated carbocycles. The number of ether oxygens (including phenoxy) is 2. The van der Waals surface area contributed by atoms with Gasteiger partial charge < -0.3 is 9.47 Å². The molecule has 1 aliphatic heterocycles. The molecule has 6 nitrogen and oxygen atoms in total. The number of carbonyl (C=O) groups is 1. The van der Waals surface area contributed by atoms with E-state index < -0.39 is 38.5 Å². The van der Waals surface area contributed by atoms with Crippen LogP contribution in [0, 0.1) is 5.92 Å². The molecule has 0 atom stereocenters. The predicted octanol–water partition coefficient (Wildman–Crippen LogP) is 4.51. The number of benzene rings is 2. The molecule has 1 fully saturated rings. The standard InChI is InChI=1S/C21H21ClF3NO5S/c1-30-18-7-6-16(22)12-15(18)13-31-20(27)14-8-10-26(11-9-14)32(28,29)19-5-3-2-4-17(19)21(23,24)25/h2-7,12,14H,8-11,13H2,1H3. The molecule has 1 saturated heterocycles. The van der Waals surface area contributed by atoms with Crippen LogP contribution in [0.3, 0.4) is 0 Å². The van der Waals surface area contributed by atoms with Crippen LogP contribution in [-0.2, 0) is 32.3 Å². The van der Waals surface area contributed by atoms with Crippen molar-refractivity contribution in [3.8, 4) is 5.75 Å². The van der Waals surface area contributed by atoms with Gasteiger partial charge in [-0.25, -0.2) is 8.42 Å². The number of nitrogens with zero attached hydrogens (tertiary/aromatic N) is 1. The van der Waals surface area contributed by atoms with E-state index in [4.69, 9.17) is 21.1 Å². The fourth-order valence-corrected chi connectivity index (χ4v) is 5.40. The van der Waals surface area contributed by atoms with Gasteiger partial charge in [-0.3, -0.25) is 4.79 Å². The Morgan fingerprint density at radius 2 is 1.81 bits per heavy atom. The van der Waals surface area contributed by atoms with E-state index in [1.807, 2.05) is 0 Å². The van der Waals surface area contributed by atoms with E-state index >= 15 is 0 Å². The van der Waals surface area contributed by atoms with Gasteiger partial charge in [0.1, 0.15) is 12.4 Å². The zero-order chi connectivity index (χ0) is 23.5. The Bertz CT molecular complexity index is 1080. The Labute approximate surface area is 188 Å². The molecule has 0 radical (unpaired) electrons. The molecule has 0 N–H and O–H groups in total. The molecule has 1 aliphatic rings. The van der Waals surface area contributed by atoms with Crippen LogP contribution in [0.1, 0.15) is 24.0 Å². The van der Waals surface area contributed by atoms with Crippen LogP contribution in [0.15, 0.2) is 47.4 Å². The molecule has 32 heavy (non-hydrogen) atoms. The lowest BCUT2D eigenvalue weighted by Crippen LogP contribution is -2.41. The summed E-state index contributed by atoms with van der Waals surface area (Å²) in [6.07, 6.45) is -4.52. The zero-order valence-corrected chi connectivity index (χ0v) is 18.6. The summed E-state index contributed by atoms with van der Waals surface area (Å²) in [6.45, 7) is -0.246. The minimum Gasteiger partial charge on any atom is -0.496 e. The second-order valence-corrected chi connectivity index (χ2v) is 9.58. The molecule has 1 heterocycles. The predicted molar refractivity (Wildman–Crippen MR) is 111 cm³/mol. The van der Waals surface area contributed by atoms with Crippen molar-refractivity contribution in [3.05, 3.63) is 58.6 Å². The maximum Gasteiger partial charge on any atom is 0.417 e. The van der Waals surface area contributed by atoms with Crippen LogP contribution in [0.25, 0.3) is 0 Å². The van der Waals surface area contributed by atoms with Crippen molar-refractivity contribution in [3.63, 3.8) is 0 Å². The summed E-state index contributed by atoms with van der Waals surface area (Å²) in [5.41, 5.74) is -0.630. The summed E-state index contributed by atoms with van der Waals surface area (Å²) >= 11 is 5.96. The maximum absolute atomic E-state index is 13.3. The molecule has 0 unspecified atom stereocenters. The molecule has 3 rings (SSSR count). The maximum atomic E-state index is 13.3. The molecule has 2 aromatic rings. The van der Waals surface area contributed by atoms with Crippen LogP contribution < -0.4 is 4.74 Å². The second-order valence-electron chi connectivity index (χ2n) is 7.24. The number of hydrogen-bond acceptors (Lipinski definition) is 5. The smallest absolute Gasteiger partial charge is 0.417 e. The molecule has 0 amide bonds. The van der Waals surface area contributed by atoms with Crippen molar-refractivity contribution < 1.29 is 35.9 Å². The first-order valence-electron chi connectivity index (χ1n) is 9.69. The van der Waals surface area contributed by atoms with Gasteiger partial charge in [-0.1, -0.05) is 23.7 Å². The van der Waals surface area contributed by atoms with E-state index in [1.54, 1.807) is 18.2 Å². The largest absolute Gasteiger partial charge is 0.496 e. The van der Waals surface area contributed by atoms with Crippen LogP contribution in [0.2, 0.25) is 5.02 Å². The first kappa shape index (κ1) is 24.3. The van der Waals surface area contributed by atoms with E-state index in [9.17, 15) is 26.4 Å². The van der Waals surface area contributed by atoms with Crippen LogP contribution in [-0.4, -0.2) is 38.9 Å². The van der Waals surface area contributed by atoms with Crippen molar-refractivity contribution in [1.29, 1.82) is 0 Å². The van der Waals surface area contributed by atoms with E-state index in [1.165, 1.54) is 13.2 Å². The highest BCUT2D eigenvalue weighted by Gasteiger charge is 2.40. The topological polar surface area (TPSA) is 72.9 Å². The average Bonchev–Trinajstić information content (AvgIpc) is 2.77. The molecule has 2 aromatic carbocycles. The molecular weight excluding hydrogens is 471 g/mol. The summed E-state index contributed by atoms with van der Waals surface area (Å²) < 4.78 is 76.9. The summed E-state index contributed by atoms with van der Waals surface area (Å²) in [7, 11) is -2.89. The number of halogens is 4. The van der Waals surface area contributed by atoms with E-state index in [0.29, 0.717) is 16.3 Å². The number of methoxy groups -OCH3 is 1. The Morgan fingerprint density at radius 1 is 1.16 bits per heavy atom. The van der Waals surface area contributed by atoms with E-state index in [-0.39, 0.29) is 32.5 Å². The van der Waals surface area contributed by atoms with Crippen molar-refractivity contribution in [1.82, 2.24) is 4.31 Å². The summed E-state index contributed by atoms with van der Waals surface area (Å²) in [6, 6.07) is 8.96. The lowest BCUT2D eigenvalue weighted by molar-refractivity contribution is -0.151. The minimum atomic E-state index is -4.80. The van der Waals surface area contributed by atoms with Gasteiger partial charge in [-0.2, -0.15) is 17.5 Å². The molecule has 174 valence electrons. The quantitative estimate of drug-likeness (QED) is 0.556. The normalized spacial score (nSPS) is 16.0. The van der Waals surface area contributed by atoms with Crippen LogP contribution in [0.4, 0.5) is 13.2 Å². The number of alkyl halides is 3. The van der Waals surface area contributed by atoms with Gasteiger partial charge in [0.05, 0.1) is 23.5 Å². The zero-order valence-electron chi connectivity index (χ0n) is 17.1.